The molecule has 0 unspecified atom stereocenters. The Morgan fingerprint density at radius 3 is 2.33 bits per heavy atom. The molecule has 0 saturated carbocycles. The van der Waals surface area contributed by atoms with Crippen LogP contribution >= 0.6 is 0 Å². The van der Waals surface area contributed by atoms with Gasteiger partial charge in [-0.05, 0) is 24.3 Å². The molecule has 0 radical (unpaired) electrons. The predicted octanol–water partition coefficient (Wildman–Crippen LogP) is 2.55. The number of methoxy groups -OCH3 is 2. The van der Waals surface area contributed by atoms with E-state index in [-0.39, 0.29) is 16.3 Å². The summed E-state index contributed by atoms with van der Waals surface area (Å²) in [4.78, 5) is 9.63. The third kappa shape index (κ3) is 3.54. The summed E-state index contributed by atoms with van der Waals surface area (Å²) < 4.78 is 50.2. The van der Waals surface area contributed by atoms with E-state index in [9.17, 15) is 22.9 Å². The first-order chi connectivity index (χ1) is 11.3. The first-order valence-corrected chi connectivity index (χ1v) is 7.95. The van der Waals surface area contributed by atoms with Crippen LogP contribution in [0.25, 0.3) is 0 Å². The number of hydrogen-bond acceptors (Lipinski definition) is 6. The van der Waals surface area contributed by atoms with Gasteiger partial charge in [-0.15, -0.1) is 0 Å². The Morgan fingerprint density at radius 1 is 1.08 bits per heavy atom. The lowest BCUT2D eigenvalue weighted by molar-refractivity contribution is -0.387. The summed E-state index contributed by atoms with van der Waals surface area (Å²) in [5.74, 6) is -0.520. The van der Waals surface area contributed by atoms with Crippen LogP contribution in [0.1, 0.15) is 0 Å². The number of nitro groups is 1. The fourth-order valence-electron chi connectivity index (χ4n) is 1.91. The molecule has 24 heavy (non-hydrogen) atoms. The van der Waals surface area contributed by atoms with Gasteiger partial charge in [-0.3, -0.25) is 14.8 Å². The van der Waals surface area contributed by atoms with E-state index in [4.69, 9.17) is 9.47 Å². The van der Waals surface area contributed by atoms with Crippen LogP contribution in [0.15, 0.2) is 41.3 Å². The zero-order valence-corrected chi connectivity index (χ0v) is 13.5. The minimum atomic E-state index is -4.06. The Hall–Kier alpha value is -2.88. The molecule has 0 aliphatic carbocycles. The van der Waals surface area contributed by atoms with Crippen molar-refractivity contribution in [1.29, 1.82) is 0 Å². The highest BCUT2D eigenvalue weighted by molar-refractivity contribution is 7.92. The molecule has 0 spiro atoms. The molecule has 0 amide bonds. The standard InChI is InChI=1S/C14H13FN2O6S/c1-22-13-6-4-10(8-14(13)23-2)24(20,21)16-9-3-5-11(15)12(7-9)17(18)19/h3-8,16H,1-2H3. The van der Waals surface area contributed by atoms with Crippen molar-refractivity contribution in [2.24, 2.45) is 0 Å². The third-order valence-electron chi connectivity index (χ3n) is 3.06. The quantitative estimate of drug-likeness (QED) is 0.629. The average Bonchev–Trinajstić information content (AvgIpc) is 2.55. The predicted molar refractivity (Wildman–Crippen MR) is 83.4 cm³/mol. The SMILES string of the molecule is COc1ccc(S(=O)(=O)Nc2ccc(F)c([N+](=O)[O-])c2)cc1OC. The van der Waals surface area contributed by atoms with Crippen LogP contribution in [0.4, 0.5) is 15.8 Å². The topological polar surface area (TPSA) is 108 Å². The van der Waals surface area contributed by atoms with Crippen molar-refractivity contribution < 1.29 is 27.2 Å². The number of hydrogen-bond donors (Lipinski definition) is 1. The summed E-state index contributed by atoms with van der Waals surface area (Å²) in [5.41, 5.74) is -0.972. The fourth-order valence-corrected chi connectivity index (χ4v) is 2.98. The average molecular weight is 356 g/mol. The van der Waals surface area contributed by atoms with Crippen LogP contribution in [0.5, 0.6) is 11.5 Å². The van der Waals surface area contributed by atoms with Crippen LogP contribution in [-0.2, 0) is 10.0 Å². The van der Waals surface area contributed by atoms with E-state index < -0.39 is 26.5 Å². The van der Waals surface area contributed by atoms with Gasteiger partial charge in [0.1, 0.15) is 0 Å². The highest BCUT2D eigenvalue weighted by atomic mass is 32.2. The van der Waals surface area contributed by atoms with Gasteiger partial charge in [-0.2, -0.15) is 4.39 Å². The number of nitro benzene ring substituents is 1. The van der Waals surface area contributed by atoms with Gasteiger partial charge in [-0.25, -0.2) is 8.42 Å². The third-order valence-corrected chi connectivity index (χ3v) is 4.44. The van der Waals surface area contributed by atoms with Crippen molar-refractivity contribution >= 4 is 21.4 Å². The number of ether oxygens (including phenoxy) is 2. The van der Waals surface area contributed by atoms with Crippen LogP contribution in [-0.4, -0.2) is 27.6 Å². The van der Waals surface area contributed by atoms with Crippen LogP contribution < -0.4 is 14.2 Å². The van der Waals surface area contributed by atoms with E-state index in [1.54, 1.807) is 0 Å². The summed E-state index contributed by atoms with van der Waals surface area (Å²) in [6.07, 6.45) is 0. The second-order valence-electron chi connectivity index (χ2n) is 4.55. The summed E-state index contributed by atoms with van der Waals surface area (Å²) in [5, 5.41) is 10.7. The van der Waals surface area contributed by atoms with Crippen molar-refractivity contribution in [2.45, 2.75) is 4.90 Å². The fraction of sp³-hybridized carbons (Fsp3) is 0.143. The van der Waals surface area contributed by atoms with Crippen molar-refractivity contribution in [2.75, 3.05) is 18.9 Å². The van der Waals surface area contributed by atoms with Gasteiger partial charge in [0, 0.05) is 12.1 Å². The molecule has 0 bridgehead atoms. The van der Waals surface area contributed by atoms with Gasteiger partial charge in [0.2, 0.25) is 5.82 Å². The maximum absolute atomic E-state index is 13.3. The van der Waals surface area contributed by atoms with Crippen molar-refractivity contribution in [3.05, 3.63) is 52.3 Å². The highest BCUT2D eigenvalue weighted by Gasteiger charge is 2.20. The van der Waals surface area contributed by atoms with E-state index in [1.807, 2.05) is 0 Å². The van der Waals surface area contributed by atoms with E-state index in [0.717, 1.165) is 18.2 Å². The maximum Gasteiger partial charge on any atom is 0.306 e. The number of rotatable bonds is 6. The Balaban J connectivity index is 2.38. The molecule has 0 aliphatic rings. The van der Waals surface area contributed by atoms with Gasteiger partial charge < -0.3 is 9.47 Å². The summed E-state index contributed by atoms with van der Waals surface area (Å²) in [6, 6.07) is 6.61. The van der Waals surface area contributed by atoms with Crippen molar-refractivity contribution in [3.8, 4) is 11.5 Å². The summed E-state index contributed by atoms with van der Waals surface area (Å²) in [7, 11) is -1.30. The summed E-state index contributed by atoms with van der Waals surface area (Å²) >= 11 is 0. The van der Waals surface area contributed by atoms with Gasteiger partial charge in [-0.1, -0.05) is 0 Å². The smallest absolute Gasteiger partial charge is 0.306 e. The Morgan fingerprint density at radius 2 is 1.75 bits per heavy atom. The zero-order valence-electron chi connectivity index (χ0n) is 12.6. The van der Waals surface area contributed by atoms with Crippen LogP contribution in [0.3, 0.4) is 0 Å². The molecule has 2 rings (SSSR count). The Kier molecular flexibility index (Phi) is 4.88. The summed E-state index contributed by atoms with van der Waals surface area (Å²) in [6.45, 7) is 0. The van der Waals surface area contributed by atoms with Crippen molar-refractivity contribution in [1.82, 2.24) is 0 Å². The largest absolute Gasteiger partial charge is 0.493 e. The lowest BCUT2D eigenvalue weighted by atomic mass is 10.3. The molecule has 8 nitrogen and oxygen atoms in total. The normalized spacial score (nSPS) is 11.0. The number of benzene rings is 2. The molecule has 1 N–H and O–H groups in total. The van der Waals surface area contributed by atoms with Gasteiger partial charge in [0.25, 0.3) is 10.0 Å². The van der Waals surface area contributed by atoms with Gasteiger partial charge in [0.15, 0.2) is 11.5 Å². The van der Waals surface area contributed by atoms with E-state index in [2.05, 4.69) is 4.72 Å². The monoisotopic (exact) mass is 356 g/mol. The van der Waals surface area contributed by atoms with E-state index >= 15 is 0 Å². The maximum atomic E-state index is 13.3. The molecule has 0 atom stereocenters. The number of nitrogens with one attached hydrogen (secondary N) is 1. The number of nitrogens with zero attached hydrogens (tertiary/aromatic N) is 1. The Bertz CT molecular complexity index is 885. The van der Waals surface area contributed by atoms with E-state index in [1.165, 1.54) is 32.4 Å². The number of anilines is 1. The van der Waals surface area contributed by atoms with E-state index in [0.29, 0.717) is 5.75 Å². The minimum Gasteiger partial charge on any atom is -0.493 e. The second-order valence-corrected chi connectivity index (χ2v) is 6.23. The first-order valence-electron chi connectivity index (χ1n) is 6.47. The lowest BCUT2D eigenvalue weighted by Gasteiger charge is -2.11. The highest BCUT2D eigenvalue weighted by Crippen LogP contribution is 2.30. The molecule has 0 fully saturated rings. The first kappa shape index (κ1) is 17.5. The molecule has 2 aromatic rings. The molecule has 0 aliphatic heterocycles. The molecule has 128 valence electrons. The zero-order chi connectivity index (χ0) is 17.9. The molecule has 2 aromatic carbocycles. The molecule has 0 heterocycles. The lowest BCUT2D eigenvalue weighted by Crippen LogP contribution is -2.13. The molecule has 10 heteroatoms. The van der Waals surface area contributed by atoms with Crippen LogP contribution in [0, 0.1) is 15.9 Å². The van der Waals surface area contributed by atoms with Gasteiger partial charge >= 0.3 is 5.69 Å². The molecular formula is C14H13FN2O6S. The molecule has 0 aromatic heterocycles. The molecule has 0 saturated heterocycles. The minimum absolute atomic E-state index is 0.141. The van der Waals surface area contributed by atoms with Crippen molar-refractivity contribution in [3.63, 3.8) is 0 Å². The number of halogens is 1. The second kappa shape index (κ2) is 6.71. The van der Waals surface area contributed by atoms with Crippen LogP contribution in [0.2, 0.25) is 0 Å². The number of sulfonamides is 1. The molecular weight excluding hydrogens is 343 g/mol. The Labute approximate surface area is 137 Å². The van der Waals surface area contributed by atoms with Gasteiger partial charge in [0.05, 0.1) is 29.7 Å².